The van der Waals surface area contributed by atoms with E-state index >= 15 is 0 Å². The maximum atomic E-state index is 5.34. The van der Waals surface area contributed by atoms with Gasteiger partial charge in [0.05, 0.1) is 0 Å². The summed E-state index contributed by atoms with van der Waals surface area (Å²) >= 11 is 0. The Labute approximate surface area is 83.0 Å². The summed E-state index contributed by atoms with van der Waals surface area (Å²) in [6.07, 6.45) is 0.962. The molecular weight excluding hydrogens is 172 g/mol. The Hall–Kier alpha value is -1.76. The summed E-state index contributed by atoms with van der Waals surface area (Å²) in [6.45, 7) is 0. The molecule has 1 heterocycles. The van der Waals surface area contributed by atoms with Crippen molar-refractivity contribution in [2.24, 2.45) is 0 Å². The maximum Gasteiger partial charge on any atom is 0.173 e. The number of hydrogen-bond donors (Lipinski definition) is 0. The van der Waals surface area contributed by atoms with Crippen LogP contribution in [0.4, 0.5) is 0 Å². The lowest BCUT2D eigenvalue weighted by Gasteiger charge is -1.98. The van der Waals surface area contributed by atoms with Gasteiger partial charge in [-0.2, -0.15) is 0 Å². The van der Waals surface area contributed by atoms with Gasteiger partial charge in [0.15, 0.2) is 11.5 Å². The molecule has 0 saturated heterocycles. The average Bonchev–Trinajstić information content (AvgIpc) is 2.99. The fourth-order valence-corrected chi connectivity index (χ4v) is 1.70. The monoisotopic (exact) mass is 182 g/mol. The summed E-state index contributed by atoms with van der Waals surface area (Å²) in [5.41, 5.74) is 2.62. The summed E-state index contributed by atoms with van der Waals surface area (Å²) < 4.78 is 5.34. The van der Waals surface area contributed by atoms with Crippen LogP contribution in [0.15, 0.2) is 48.5 Å². The van der Waals surface area contributed by atoms with Gasteiger partial charge >= 0.3 is 0 Å². The molecule has 0 unspecified atom stereocenters. The van der Waals surface area contributed by atoms with Crippen molar-refractivity contribution in [2.45, 2.75) is 6.42 Å². The Morgan fingerprint density at radius 2 is 1.71 bits per heavy atom. The van der Waals surface area contributed by atoms with Gasteiger partial charge in [0, 0.05) is 12.0 Å². The van der Waals surface area contributed by atoms with E-state index in [9.17, 15) is 0 Å². The Balaban J connectivity index is 1.90. The molecule has 0 spiro atoms. The maximum absolute atomic E-state index is 5.34. The number of hydrogen-bond acceptors (Lipinski definition) is 1. The van der Waals surface area contributed by atoms with Crippen LogP contribution in [0.1, 0.15) is 11.1 Å². The van der Waals surface area contributed by atoms with Crippen molar-refractivity contribution in [1.82, 2.24) is 0 Å². The first-order valence-corrected chi connectivity index (χ1v) is 4.77. The summed E-state index contributed by atoms with van der Waals surface area (Å²) in [7, 11) is 0. The third-order valence-electron chi connectivity index (χ3n) is 2.47. The largest absolute Gasteiger partial charge is 0.449 e. The topological polar surface area (TPSA) is 12.5 Å². The number of benzene rings is 2. The van der Waals surface area contributed by atoms with E-state index in [1.165, 1.54) is 11.1 Å². The second-order valence-electron chi connectivity index (χ2n) is 3.51. The van der Waals surface area contributed by atoms with Crippen LogP contribution in [0.2, 0.25) is 0 Å². The molecule has 0 saturated carbocycles. The number of ether oxygens (including phenoxy) is 1. The highest BCUT2D eigenvalue weighted by molar-refractivity contribution is 5.60. The van der Waals surface area contributed by atoms with Crippen molar-refractivity contribution >= 4 is 0 Å². The van der Waals surface area contributed by atoms with Crippen molar-refractivity contribution in [3.63, 3.8) is 0 Å². The van der Waals surface area contributed by atoms with Gasteiger partial charge in [-0.05, 0) is 11.6 Å². The summed E-state index contributed by atoms with van der Waals surface area (Å²) in [5, 5.41) is 0. The lowest BCUT2D eigenvalue weighted by atomic mass is 10.1. The third kappa shape index (κ3) is 1.27. The predicted octanol–water partition coefficient (Wildman–Crippen LogP) is 3.38. The zero-order chi connectivity index (χ0) is 9.38. The molecule has 0 atom stereocenters. The van der Waals surface area contributed by atoms with Crippen molar-refractivity contribution in [1.29, 1.82) is 0 Å². The molecule has 0 aromatic heterocycles. The molecule has 1 nitrogen and oxygen atoms in total. The van der Waals surface area contributed by atoms with Crippen LogP contribution in [0.3, 0.4) is 0 Å². The molecule has 1 aliphatic heterocycles. The number of rotatable bonds is 2. The summed E-state index contributed by atoms with van der Waals surface area (Å²) in [4.78, 5) is 0. The lowest BCUT2D eigenvalue weighted by Crippen LogP contribution is -1.84. The highest BCUT2D eigenvalue weighted by atomic mass is 16.6. The standard InChI is InChI=1S/C13H10O/c1-2-5-10(6-3-1)9-11-7-4-8-12-13(11)14-12/h1-8H,9H2. The lowest BCUT2D eigenvalue weighted by molar-refractivity contribution is 0.645. The minimum absolute atomic E-state index is 0.962. The molecule has 68 valence electrons. The minimum Gasteiger partial charge on any atom is -0.449 e. The number of para-hydroxylation sites is 1. The fraction of sp³-hybridized carbons (Fsp3) is 0.0769. The van der Waals surface area contributed by atoms with Crippen LogP contribution in [0.25, 0.3) is 0 Å². The highest BCUT2D eigenvalue weighted by Gasteiger charge is 2.23. The van der Waals surface area contributed by atoms with Crippen LogP contribution in [0.5, 0.6) is 11.5 Å². The van der Waals surface area contributed by atoms with Crippen LogP contribution >= 0.6 is 0 Å². The Morgan fingerprint density at radius 1 is 0.857 bits per heavy atom. The van der Waals surface area contributed by atoms with Crippen molar-refractivity contribution < 1.29 is 4.74 Å². The van der Waals surface area contributed by atoms with Gasteiger partial charge in [0.25, 0.3) is 0 Å². The zero-order valence-electron chi connectivity index (χ0n) is 7.73. The molecule has 1 heteroatoms. The van der Waals surface area contributed by atoms with E-state index in [2.05, 4.69) is 30.3 Å². The van der Waals surface area contributed by atoms with E-state index in [0.29, 0.717) is 0 Å². The molecule has 1 aliphatic rings. The van der Waals surface area contributed by atoms with Crippen molar-refractivity contribution in [2.75, 3.05) is 0 Å². The Kier molecular flexibility index (Phi) is 1.57. The van der Waals surface area contributed by atoms with E-state index in [1.54, 1.807) is 0 Å². The Morgan fingerprint density at radius 3 is 2.57 bits per heavy atom. The van der Waals surface area contributed by atoms with Gasteiger partial charge in [-0.25, -0.2) is 0 Å². The molecule has 2 aromatic rings. The van der Waals surface area contributed by atoms with E-state index in [-0.39, 0.29) is 0 Å². The first-order chi connectivity index (χ1) is 6.93. The summed E-state index contributed by atoms with van der Waals surface area (Å²) in [6, 6.07) is 16.6. The molecule has 3 rings (SSSR count). The average molecular weight is 182 g/mol. The number of fused-ring (bicyclic) bond motifs is 1. The van der Waals surface area contributed by atoms with E-state index in [4.69, 9.17) is 4.74 Å². The van der Waals surface area contributed by atoms with Crippen LogP contribution in [-0.4, -0.2) is 0 Å². The molecular formula is C13H10O. The molecule has 0 fully saturated rings. The van der Waals surface area contributed by atoms with Gasteiger partial charge in [-0.1, -0.05) is 42.5 Å². The molecule has 2 aromatic carbocycles. The van der Waals surface area contributed by atoms with Crippen molar-refractivity contribution in [3.05, 3.63) is 59.7 Å². The van der Waals surface area contributed by atoms with E-state index in [0.717, 1.165) is 17.9 Å². The zero-order valence-corrected chi connectivity index (χ0v) is 7.73. The predicted molar refractivity (Wildman–Crippen MR) is 55.8 cm³/mol. The highest BCUT2D eigenvalue weighted by Crippen LogP contribution is 2.48. The van der Waals surface area contributed by atoms with Gasteiger partial charge in [0.1, 0.15) is 0 Å². The molecule has 0 radical (unpaired) electrons. The minimum atomic E-state index is 0.962. The molecule has 0 aliphatic carbocycles. The molecule has 14 heavy (non-hydrogen) atoms. The molecule has 0 N–H and O–H groups in total. The van der Waals surface area contributed by atoms with Gasteiger partial charge in [0.2, 0.25) is 0 Å². The third-order valence-corrected chi connectivity index (χ3v) is 2.47. The van der Waals surface area contributed by atoms with Crippen molar-refractivity contribution in [3.8, 4) is 11.5 Å². The van der Waals surface area contributed by atoms with Crippen LogP contribution in [0, 0.1) is 0 Å². The second kappa shape index (κ2) is 2.88. The first-order valence-electron chi connectivity index (χ1n) is 4.77. The van der Waals surface area contributed by atoms with Gasteiger partial charge < -0.3 is 4.74 Å². The normalized spacial score (nSPS) is 11.7. The molecule has 0 amide bonds. The van der Waals surface area contributed by atoms with Gasteiger partial charge in [-0.3, -0.25) is 0 Å². The first kappa shape index (κ1) is 7.63. The van der Waals surface area contributed by atoms with Crippen LogP contribution < -0.4 is 4.74 Å². The Bertz CT molecular complexity index is 460. The van der Waals surface area contributed by atoms with Crippen LogP contribution in [-0.2, 0) is 6.42 Å². The fourth-order valence-electron chi connectivity index (χ4n) is 1.70. The summed E-state index contributed by atoms with van der Waals surface area (Å²) in [5.74, 6) is 2.12. The quantitative estimate of drug-likeness (QED) is 0.553. The van der Waals surface area contributed by atoms with E-state index in [1.807, 2.05) is 18.2 Å². The second-order valence-corrected chi connectivity index (χ2v) is 3.51. The SMILES string of the molecule is c1ccc(Cc2cccc3c2O3)cc1. The van der Waals surface area contributed by atoms with Gasteiger partial charge in [-0.15, -0.1) is 0 Å². The smallest absolute Gasteiger partial charge is 0.173 e. The van der Waals surface area contributed by atoms with E-state index < -0.39 is 0 Å². The molecule has 0 bridgehead atoms.